The van der Waals surface area contributed by atoms with E-state index in [4.69, 9.17) is 23.2 Å². The molecule has 1 fully saturated rings. The van der Waals surface area contributed by atoms with E-state index in [1.54, 1.807) is 18.7 Å². The van der Waals surface area contributed by atoms with Crippen LogP contribution in [0.2, 0.25) is 10.0 Å². The number of aromatic nitrogens is 2. The summed E-state index contributed by atoms with van der Waals surface area (Å²) < 4.78 is 28.7. The summed E-state index contributed by atoms with van der Waals surface area (Å²) in [4.78, 5) is 2.44. The van der Waals surface area contributed by atoms with Crippen LogP contribution < -0.4 is 0 Å². The van der Waals surface area contributed by atoms with E-state index in [1.807, 2.05) is 18.2 Å². The number of rotatable bonds is 4. The van der Waals surface area contributed by atoms with Gasteiger partial charge in [-0.2, -0.15) is 9.40 Å². The van der Waals surface area contributed by atoms with Gasteiger partial charge in [-0.15, -0.1) is 0 Å². The molecule has 0 N–H and O–H groups in total. The highest BCUT2D eigenvalue weighted by molar-refractivity contribution is 7.89. The number of hydrogen-bond donors (Lipinski definition) is 0. The average Bonchev–Trinajstić information content (AvgIpc) is 2.92. The van der Waals surface area contributed by atoms with Gasteiger partial charge in [-0.3, -0.25) is 9.58 Å². The summed E-state index contributed by atoms with van der Waals surface area (Å²) in [5.41, 5.74) is 1.52. The molecule has 1 aromatic carbocycles. The molecule has 0 amide bonds. The molecule has 1 aliphatic heterocycles. The lowest BCUT2D eigenvalue weighted by Crippen LogP contribution is -2.48. The van der Waals surface area contributed by atoms with Crippen molar-refractivity contribution >= 4 is 33.2 Å². The normalized spacial score (nSPS) is 17.1. The number of sulfonamides is 1. The van der Waals surface area contributed by atoms with Crippen molar-refractivity contribution in [1.29, 1.82) is 0 Å². The van der Waals surface area contributed by atoms with Crippen LogP contribution in [0.25, 0.3) is 0 Å². The SMILES string of the molecule is Cc1c(S(=O)(=O)N2CCN(Cc3c(Cl)cccc3Cl)CC2)cnn1C. The van der Waals surface area contributed by atoms with Gasteiger partial charge < -0.3 is 0 Å². The Morgan fingerprint density at radius 1 is 1.12 bits per heavy atom. The van der Waals surface area contributed by atoms with Gasteiger partial charge in [0.2, 0.25) is 10.0 Å². The van der Waals surface area contributed by atoms with E-state index >= 15 is 0 Å². The molecule has 0 aliphatic carbocycles. The van der Waals surface area contributed by atoms with Crippen LogP contribution >= 0.6 is 23.2 Å². The Bertz CT molecular complexity index is 854. The molecule has 0 spiro atoms. The van der Waals surface area contributed by atoms with Crippen molar-refractivity contribution in [1.82, 2.24) is 19.0 Å². The molecule has 0 bridgehead atoms. The minimum atomic E-state index is -3.51. The van der Waals surface area contributed by atoms with Crippen LogP contribution in [0.4, 0.5) is 0 Å². The van der Waals surface area contributed by atoms with E-state index < -0.39 is 10.0 Å². The van der Waals surface area contributed by atoms with E-state index in [0.29, 0.717) is 48.5 Å². The lowest BCUT2D eigenvalue weighted by Gasteiger charge is -2.34. The largest absolute Gasteiger partial charge is 0.296 e. The fourth-order valence-corrected chi connectivity index (χ4v) is 5.03. The second-order valence-corrected chi connectivity index (χ2v) is 8.82. The fraction of sp³-hybridized carbons (Fsp3) is 0.438. The summed E-state index contributed by atoms with van der Waals surface area (Å²) in [6.45, 7) is 4.48. The molecule has 0 radical (unpaired) electrons. The number of piperazine rings is 1. The summed E-state index contributed by atoms with van der Waals surface area (Å²) in [5.74, 6) is 0. The van der Waals surface area contributed by atoms with Crippen molar-refractivity contribution in [2.24, 2.45) is 7.05 Å². The van der Waals surface area contributed by atoms with E-state index in [-0.39, 0.29) is 4.90 Å². The predicted molar refractivity (Wildman–Crippen MR) is 98.4 cm³/mol. The molecule has 6 nitrogen and oxygen atoms in total. The van der Waals surface area contributed by atoms with Crippen LogP contribution in [0, 0.1) is 6.92 Å². The second-order valence-electron chi connectivity index (χ2n) is 6.10. The van der Waals surface area contributed by atoms with Gasteiger partial charge in [0, 0.05) is 55.4 Å². The maximum absolute atomic E-state index is 12.8. The average molecular weight is 403 g/mol. The van der Waals surface area contributed by atoms with Crippen molar-refractivity contribution in [3.8, 4) is 0 Å². The lowest BCUT2D eigenvalue weighted by molar-refractivity contribution is 0.181. The molecule has 2 heterocycles. The van der Waals surface area contributed by atoms with E-state index in [2.05, 4.69) is 10.00 Å². The number of benzene rings is 1. The van der Waals surface area contributed by atoms with Crippen molar-refractivity contribution in [2.75, 3.05) is 26.2 Å². The monoisotopic (exact) mass is 402 g/mol. The highest BCUT2D eigenvalue weighted by Gasteiger charge is 2.31. The highest BCUT2D eigenvalue weighted by atomic mass is 35.5. The van der Waals surface area contributed by atoms with Gasteiger partial charge in [0.1, 0.15) is 4.90 Å². The number of aryl methyl sites for hydroxylation is 1. The van der Waals surface area contributed by atoms with Crippen molar-refractivity contribution in [3.05, 3.63) is 45.7 Å². The zero-order valence-electron chi connectivity index (χ0n) is 14.1. The Morgan fingerprint density at radius 3 is 2.24 bits per heavy atom. The molecule has 0 unspecified atom stereocenters. The zero-order valence-corrected chi connectivity index (χ0v) is 16.4. The second kappa shape index (κ2) is 7.25. The number of halogens is 2. The summed E-state index contributed by atoms with van der Waals surface area (Å²) in [6, 6.07) is 5.44. The van der Waals surface area contributed by atoms with Gasteiger partial charge in [0.15, 0.2) is 0 Å². The van der Waals surface area contributed by atoms with E-state index in [9.17, 15) is 8.42 Å². The van der Waals surface area contributed by atoms with Gasteiger partial charge >= 0.3 is 0 Å². The maximum atomic E-state index is 12.8. The molecule has 0 saturated carbocycles. The Morgan fingerprint density at radius 2 is 1.72 bits per heavy atom. The molecule has 0 atom stereocenters. The topological polar surface area (TPSA) is 58.4 Å². The van der Waals surface area contributed by atoms with Crippen LogP contribution in [0.1, 0.15) is 11.3 Å². The van der Waals surface area contributed by atoms with Crippen LogP contribution in [-0.4, -0.2) is 53.6 Å². The van der Waals surface area contributed by atoms with E-state index in [1.165, 1.54) is 10.5 Å². The van der Waals surface area contributed by atoms with Crippen LogP contribution in [0.5, 0.6) is 0 Å². The van der Waals surface area contributed by atoms with Gasteiger partial charge in [-0.25, -0.2) is 8.42 Å². The smallest absolute Gasteiger partial charge is 0.246 e. The minimum absolute atomic E-state index is 0.276. The van der Waals surface area contributed by atoms with Crippen molar-refractivity contribution in [3.63, 3.8) is 0 Å². The van der Waals surface area contributed by atoms with Crippen LogP contribution in [-0.2, 0) is 23.6 Å². The lowest BCUT2D eigenvalue weighted by atomic mass is 10.2. The summed E-state index contributed by atoms with van der Waals surface area (Å²) in [7, 11) is -1.78. The standard InChI is InChI=1S/C16H20Cl2N4O2S/c1-12-16(10-19-20(12)2)25(23,24)22-8-6-21(7-9-22)11-13-14(17)4-3-5-15(13)18/h3-5,10H,6-9,11H2,1-2H3. The molecular weight excluding hydrogens is 383 g/mol. The summed E-state index contributed by atoms with van der Waals surface area (Å²) in [6.07, 6.45) is 1.42. The Balaban J connectivity index is 1.69. The Labute approximate surface area is 158 Å². The first-order valence-corrected chi connectivity index (χ1v) is 10.1. The third-order valence-electron chi connectivity index (χ3n) is 4.58. The molecule has 1 aliphatic rings. The maximum Gasteiger partial charge on any atom is 0.246 e. The van der Waals surface area contributed by atoms with Crippen LogP contribution in [0.3, 0.4) is 0 Å². The number of hydrogen-bond acceptors (Lipinski definition) is 4. The predicted octanol–water partition coefficient (Wildman–Crippen LogP) is 2.54. The summed E-state index contributed by atoms with van der Waals surface area (Å²) in [5, 5.41) is 5.30. The Kier molecular flexibility index (Phi) is 5.41. The van der Waals surface area contributed by atoms with Gasteiger partial charge in [-0.1, -0.05) is 29.3 Å². The van der Waals surface area contributed by atoms with E-state index in [0.717, 1.165) is 5.56 Å². The summed E-state index contributed by atoms with van der Waals surface area (Å²) >= 11 is 12.4. The molecule has 1 aromatic heterocycles. The van der Waals surface area contributed by atoms with Gasteiger partial charge in [0.25, 0.3) is 0 Å². The molecular formula is C16H20Cl2N4O2S. The molecule has 2 aromatic rings. The van der Waals surface area contributed by atoms with Gasteiger partial charge in [-0.05, 0) is 19.1 Å². The number of nitrogens with zero attached hydrogens (tertiary/aromatic N) is 4. The first-order chi connectivity index (χ1) is 11.8. The molecule has 136 valence electrons. The molecule has 25 heavy (non-hydrogen) atoms. The first-order valence-electron chi connectivity index (χ1n) is 7.94. The van der Waals surface area contributed by atoms with Crippen molar-refractivity contribution < 1.29 is 8.42 Å². The molecule has 3 rings (SSSR count). The first kappa shape index (κ1) is 18.7. The highest BCUT2D eigenvalue weighted by Crippen LogP contribution is 2.27. The molecule has 9 heteroatoms. The molecule has 1 saturated heterocycles. The zero-order chi connectivity index (χ0) is 18.2. The van der Waals surface area contributed by atoms with Crippen molar-refractivity contribution in [2.45, 2.75) is 18.4 Å². The van der Waals surface area contributed by atoms with Gasteiger partial charge in [0.05, 0.1) is 11.9 Å². The fourth-order valence-electron chi connectivity index (χ4n) is 2.91. The third kappa shape index (κ3) is 3.71. The Hall–Kier alpha value is -1.12. The third-order valence-corrected chi connectivity index (χ3v) is 7.29. The van der Waals surface area contributed by atoms with Crippen LogP contribution in [0.15, 0.2) is 29.3 Å². The quantitative estimate of drug-likeness (QED) is 0.788. The minimum Gasteiger partial charge on any atom is -0.296 e.